The smallest absolute Gasteiger partial charge is 0.417 e. The monoisotopic (exact) mass is 436 g/mol. The van der Waals surface area contributed by atoms with Crippen molar-refractivity contribution >= 4 is 5.91 Å². The molecule has 31 heavy (non-hydrogen) atoms. The largest absolute Gasteiger partial charge is 0.470 e. The minimum atomic E-state index is -4.62. The summed E-state index contributed by atoms with van der Waals surface area (Å²) >= 11 is 0. The minimum absolute atomic E-state index is 0.0405. The predicted molar refractivity (Wildman–Crippen MR) is 107 cm³/mol. The molecule has 1 aromatic heterocycles. The SMILES string of the molecule is O=C(CN1CCC(c2nnc(C(F)(F)F)o2)CC1)N1CCC(Cc2ccccc2)CC1. The minimum Gasteiger partial charge on any atom is -0.417 e. The van der Waals surface area contributed by atoms with Crippen molar-refractivity contribution in [3.05, 3.63) is 47.7 Å². The molecule has 2 aromatic rings. The summed E-state index contributed by atoms with van der Waals surface area (Å²) in [6.45, 7) is 3.19. The van der Waals surface area contributed by atoms with Crippen molar-refractivity contribution < 1.29 is 22.4 Å². The lowest BCUT2D eigenvalue weighted by molar-refractivity contribution is -0.157. The van der Waals surface area contributed by atoms with E-state index in [2.05, 4.69) is 39.4 Å². The Labute approximate surface area is 179 Å². The van der Waals surface area contributed by atoms with Gasteiger partial charge in [0.15, 0.2) is 0 Å². The Morgan fingerprint density at radius 2 is 1.68 bits per heavy atom. The van der Waals surface area contributed by atoms with Gasteiger partial charge in [0, 0.05) is 19.0 Å². The molecule has 2 aliphatic rings. The van der Waals surface area contributed by atoms with Crippen LogP contribution in [-0.4, -0.2) is 58.6 Å². The Balaban J connectivity index is 1.19. The first-order chi connectivity index (χ1) is 14.9. The van der Waals surface area contributed by atoms with Gasteiger partial charge in [0.05, 0.1) is 6.54 Å². The Kier molecular flexibility index (Phi) is 6.60. The van der Waals surface area contributed by atoms with E-state index in [4.69, 9.17) is 4.42 Å². The molecular weight excluding hydrogens is 409 g/mol. The number of nitrogens with zero attached hydrogens (tertiary/aromatic N) is 4. The number of amides is 1. The lowest BCUT2D eigenvalue weighted by Crippen LogP contribution is -2.46. The van der Waals surface area contributed by atoms with Gasteiger partial charge in [0.25, 0.3) is 0 Å². The fraction of sp³-hybridized carbons (Fsp3) is 0.591. The number of piperidine rings is 2. The molecule has 2 aliphatic heterocycles. The van der Waals surface area contributed by atoms with Crippen molar-refractivity contribution in [2.75, 3.05) is 32.7 Å². The molecule has 2 fully saturated rings. The highest BCUT2D eigenvalue weighted by atomic mass is 19.4. The van der Waals surface area contributed by atoms with Crippen molar-refractivity contribution in [3.8, 4) is 0 Å². The summed E-state index contributed by atoms with van der Waals surface area (Å²) in [5.74, 6) is -0.704. The first kappa shape index (κ1) is 21.8. The number of rotatable bonds is 5. The highest BCUT2D eigenvalue weighted by molar-refractivity contribution is 5.78. The Morgan fingerprint density at radius 1 is 1.00 bits per heavy atom. The fourth-order valence-electron chi connectivity index (χ4n) is 4.48. The van der Waals surface area contributed by atoms with E-state index in [1.165, 1.54) is 5.56 Å². The van der Waals surface area contributed by atoms with E-state index in [1.54, 1.807) is 0 Å². The van der Waals surface area contributed by atoms with Crippen LogP contribution in [0.3, 0.4) is 0 Å². The van der Waals surface area contributed by atoms with Crippen LogP contribution < -0.4 is 0 Å². The van der Waals surface area contributed by atoms with Crippen LogP contribution in [0.5, 0.6) is 0 Å². The molecule has 0 atom stereocenters. The number of halogens is 3. The predicted octanol–water partition coefficient (Wildman–Crippen LogP) is 3.75. The van der Waals surface area contributed by atoms with E-state index in [0.717, 1.165) is 32.4 Å². The lowest BCUT2D eigenvalue weighted by Gasteiger charge is -2.35. The van der Waals surface area contributed by atoms with Crippen molar-refractivity contribution in [1.29, 1.82) is 0 Å². The zero-order valence-electron chi connectivity index (χ0n) is 17.4. The lowest BCUT2D eigenvalue weighted by atomic mass is 9.90. The number of carbonyl (C=O) groups excluding carboxylic acids is 1. The second-order valence-corrected chi connectivity index (χ2v) is 8.51. The summed E-state index contributed by atoms with van der Waals surface area (Å²) in [5.41, 5.74) is 1.35. The molecule has 2 saturated heterocycles. The average Bonchev–Trinajstić information content (AvgIpc) is 3.26. The molecule has 1 aromatic carbocycles. The van der Waals surface area contributed by atoms with Crippen molar-refractivity contribution in [2.45, 2.75) is 44.2 Å². The van der Waals surface area contributed by atoms with E-state index in [-0.39, 0.29) is 17.7 Å². The van der Waals surface area contributed by atoms with Gasteiger partial charge in [-0.15, -0.1) is 10.2 Å². The summed E-state index contributed by atoms with van der Waals surface area (Å²) < 4.78 is 42.7. The molecule has 3 heterocycles. The molecule has 9 heteroatoms. The van der Waals surface area contributed by atoms with Crippen LogP contribution in [0.4, 0.5) is 13.2 Å². The van der Waals surface area contributed by atoms with Gasteiger partial charge in [0.2, 0.25) is 11.8 Å². The second kappa shape index (κ2) is 9.38. The van der Waals surface area contributed by atoms with Crippen LogP contribution in [-0.2, 0) is 17.4 Å². The van der Waals surface area contributed by atoms with Crippen molar-refractivity contribution in [2.24, 2.45) is 5.92 Å². The van der Waals surface area contributed by atoms with Gasteiger partial charge in [-0.2, -0.15) is 13.2 Å². The fourth-order valence-corrected chi connectivity index (χ4v) is 4.48. The maximum Gasteiger partial charge on any atom is 0.470 e. The first-order valence-electron chi connectivity index (χ1n) is 10.8. The van der Waals surface area contributed by atoms with Gasteiger partial charge in [-0.25, -0.2) is 0 Å². The summed E-state index contributed by atoms with van der Waals surface area (Å²) in [7, 11) is 0. The summed E-state index contributed by atoms with van der Waals surface area (Å²) in [6.07, 6.45) is -0.324. The van der Waals surface area contributed by atoms with Gasteiger partial charge in [-0.05, 0) is 56.7 Å². The zero-order valence-corrected chi connectivity index (χ0v) is 17.4. The molecule has 1 amide bonds. The zero-order chi connectivity index (χ0) is 21.8. The van der Waals surface area contributed by atoms with Gasteiger partial charge in [0.1, 0.15) is 0 Å². The molecule has 0 saturated carbocycles. The molecule has 0 radical (unpaired) electrons. The molecule has 4 rings (SSSR count). The topological polar surface area (TPSA) is 62.5 Å². The Hall–Kier alpha value is -2.42. The third-order valence-electron chi connectivity index (χ3n) is 6.31. The van der Waals surface area contributed by atoms with Crippen LogP contribution in [0.1, 0.15) is 48.9 Å². The highest BCUT2D eigenvalue weighted by Gasteiger charge is 2.39. The number of aromatic nitrogens is 2. The van der Waals surface area contributed by atoms with Crippen LogP contribution in [0.2, 0.25) is 0 Å². The quantitative estimate of drug-likeness (QED) is 0.715. The van der Waals surface area contributed by atoms with E-state index in [9.17, 15) is 18.0 Å². The van der Waals surface area contributed by atoms with Crippen LogP contribution in [0.25, 0.3) is 0 Å². The molecule has 168 valence electrons. The third-order valence-corrected chi connectivity index (χ3v) is 6.31. The number of hydrogen-bond donors (Lipinski definition) is 0. The highest BCUT2D eigenvalue weighted by Crippen LogP contribution is 2.32. The molecule has 0 N–H and O–H groups in total. The molecule has 0 aliphatic carbocycles. The number of alkyl halides is 3. The summed E-state index contributed by atoms with van der Waals surface area (Å²) in [5, 5.41) is 6.68. The second-order valence-electron chi connectivity index (χ2n) is 8.51. The first-order valence-corrected chi connectivity index (χ1v) is 10.8. The summed E-state index contributed by atoms with van der Waals surface area (Å²) in [6, 6.07) is 10.4. The standard InChI is InChI=1S/C22H27F3N4O2/c23-22(24,25)21-27-26-20(31-21)18-8-10-28(11-9-18)15-19(30)29-12-6-17(7-13-29)14-16-4-2-1-3-5-16/h1-5,17-18H,6-15H2. The number of likely N-dealkylation sites (tertiary alicyclic amines) is 2. The van der Waals surface area contributed by atoms with Gasteiger partial charge < -0.3 is 9.32 Å². The number of benzene rings is 1. The molecule has 6 nitrogen and oxygen atoms in total. The third kappa shape index (κ3) is 5.64. The van der Waals surface area contributed by atoms with E-state index in [0.29, 0.717) is 38.4 Å². The van der Waals surface area contributed by atoms with Gasteiger partial charge >= 0.3 is 12.1 Å². The average molecular weight is 436 g/mol. The van der Waals surface area contributed by atoms with Crippen LogP contribution >= 0.6 is 0 Å². The van der Waals surface area contributed by atoms with E-state index in [1.807, 2.05) is 11.0 Å². The van der Waals surface area contributed by atoms with Gasteiger partial charge in [-0.1, -0.05) is 30.3 Å². The van der Waals surface area contributed by atoms with Crippen LogP contribution in [0, 0.1) is 5.92 Å². The van der Waals surface area contributed by atoms with Crippen molar-refractivity contribution in [1.82, 2.24) is 20.0 Å². The number of hydrogen-bond acceptors (Lipinski definition) is 5. The number of carbonyl (C=O) groups is 1. The van der Waals surface area contributed by atoms with E-state index < -0.39 is 12.1 Å². The maximum absolute atomic E-state index is 12.7. The normalized spacial score (nSPS) is 19.6. The van der Waals surface area contributed by atoms with Gasteiger partial charge in [-0.3, -0.25) is 9.69 Å². The molecular formula is C22H27F3N4O2. The van der Waals surface area contributed by atoms with E-state index >= 15 is 0 Å². The molecule has 0 unspecified atom stereocenters. The Morgan fingerprint density at radius 3 is 2.29 bits per heavy atom. The van der Waals surface area contributed by atoms with Crippen molar-refractivity contribution in [3.63, 3.8) is 0 Å². The maximum atomic E-state index is 12.7. The Bertz CT molecular complexity index is 855. The molecule has 0 spiro atoms. The summed E-state index contributed by atoms with van der Waals surface area (Å²) in [4.78, 5) is 16.7. The van der Waals surface area contributed by atoms with Crippen LogP contribution in [0.15, 0.2) is 34.7 Å². The molecule has 0 bridgehead atoms.